The number of aromatic nitrogens is 1. The molecule has 3 aromatic carbocycles. The van der Waals surface area contributed by atoms with Crippen LogP contribution in [0.1, 0.15) is 0 Å². The fourth-order valence-electron chi connectivity index (χ4n) is 5.00. The Kier molecular flexibility index (Phi) is 4.64. The van der Waals surface area contributed by atoms with Crippen LogP contribution in [0.4, 0.5) is 5.82 Å². The minimum Gasteiger partial charge on any atom is -0.456 e. The molecule has 0 bridgehead atoms. The van der Waals surface area contributed by atoms with Gasteiger partial charge >= 0.3 is 0 Å². The Balaban J connectivity index is 1.60. The Morgan fingerprint density at radius 3 is 2.41 bits per heavy atom. The standard InChI is InChI=1S/C29H23N3OS/c1-5-11-23-19(7-1)17-24(33-23)27-21-9-3-4-10-22(21)31-29(32-15-13-30-14-16-32)28(27)26-18-20-8-2-6-12-25(20)34-26/h1-12,17-18,30H,13-16H2. The average molecular weight is 462 g/mol. The van der Waals surface area contributed by atoms with Crippen molar-refractivity contribution in [2.24, 2.45) is 0 Å². The summed E-state index contributed by atoms with van der Waals surface area (Å²) in [5, 5.41) is 6.98. The maximum atomic E-state index is 6.49. The molecule has 1 N–H and O–H groups in total. The molecule has 4 heterocycles. The van der Waals surface area contributed by atoms with E-state index in [1.807, 2.05) is 23.5 Å². The van der Waals surface area contributed by atoms with Gasteiger partial charge in [-0.05, 0) is 35.7 Å². The van der Waals surface area contributed by atoms with E-state index in [1.165, 1.54) is 20.5 Å². The highest BCUT2D eigenvalue weighted by molar-refractivity contribution is 7.22. The van der Waals surface area contributed by atoms with Crippen molar-refractivity contribution in [1.82, 2.24) is 10.3 Å². The van der Waals surface area contributed by atoms with Crippen LogP contribution in [0, 0.1) is 0 Å². The number of nitrogens with one attached hydrogen (secondary N) is 1. The molecular formula is C29H23N3OS. The Morgan fingerprint density at radius 1 is 0.794 bits per heavy atom. The summed E-state index contributed by atoms with van der Waals surface area (Å²) < 4.78 is 7.77. The Morgan fingerprint density at radius 2 is 1.56 bits per heavy atom. The predicted octanol–water partition coefficient (Wildman–Crippen LogP) is 6.94. The van der Waals surface area contributed by atoms with Gasteiger partial charge in [0, 0.05) is 57.7 Å². The van der Waals surface area contributed by atoms with Gasteiger partial charge in [0.15, 0.2) is 0 Å². The second kappa shape index (κ2) is 7.97. The van der Waals surface area contributed by atoms with Crippen LogP contribution < -0.4 is 10.2 Å². The van der Waals surface area contributed by atoms with Crippen molar-refractivity contribution < 1.29 is 4.42 Å². The van der Waals surface area contributed by atoms with Crippen molar-refractivity contribution in [2.45, 2.75) is 0 Å². The van der Waals surface area contributed by atoms with Crippen molar-refractivity contribution in [2.75, 3.05) is 31.1 Å². The van der Waals surface area contributed by atoms with E-state index < -0.39 is 0 Å². The molecule has 0 atom stereocenters. The molecule has 5 heteroatoms. The number of benzene rings is 3. The molecule has 0 unspecified atom stereocenters. The minimum atomic E-state index is 0.892. The Labute approximate surface area is 201 Å². The SMILES string of the molecule is c1ccc2oc(-c3c(-c4cc5ccccc5s4)c(N4CCNCC4)nc4ccccc34)cc2c1. The highest BCUT2D eigenvalue weighted by atomic mass is 32.1. The summed E-state index contributed by atoms with van der Waals surface area (Å²) in [6.45, 7) is 3.78. The van der Waals surface area contributed by atoms with E-state index in [0.29, 0.717) is 0 Å². The molecule has 3 aromatic heterocycles. The number of para-hydroxylation sites is 2. The number of nitrogens with zero attached hydrogens (tertiary/aromatic N) is 2. The fraction of sp³-hybridized carbons (Fsp3) is 0.138. The van der Waals surface area contributed by atoms with Gasteiger partial charge in [0.1, 0.15) is 17.2 Å². The van der Waals surface area contributed by atoms with Crippen molar-refractivity contribution in [3.8, 4) is 21.8 Å². The lowest BCUT2D eigenvalue weighted by molar-refractivity contribution is 0.586. The lowest BCUT2D eigenvalue weighted by Gasteiger charge is -2.31. The minimum absolute atomic E-state index is 0.892. The molecule has 1 fully saturated rings. The van der Waals surface area contributed by atoms with Gasteiger partial charge in [-0.25, -0.2) is 4.98 Å². The average Bonchev–Trinajstić information content (AvgIpc) is 3.52. The largest absolute Gasteiger partial charge is 0.456 e. The third-order valence-corrected chi connectivity index (χ3v) is 7.77. The van der Waals surface area contributed by atoms with Crippen molar-refractivity contribution in [3.05, 3.63) is 84.9 Å². The number of hydrogen-bond acceptors (Lipinski definition) is 5. The molecule has 0 spiro atoms. The van der Waals surface area contributed by atoms with E-state index in [4.69, 9.17) is 9.40 Å². The molecule has 6 aromatic rings. The van der Waals surface area contributed by atoms with Gasteiger partial charge in [-0.3, -0.25) is 0 Å². The molecule has 1 aliphatic rings. The van der Waals surface area contributed by atoms with E-state index in [2.05, 4.69) is 83.0 Å². The summed E-state index contributed by atoms with van der Waals surface area (Å²) in [4.78, 5) is 8.90. The molecule has 0 aliphatic carbocycles. The molecule has 34 heavy (non-hydrogen) atoms. The summed E-state index contributed by atoms with van der Waals surface area (Å²) in [7, 11) is 0. The number of anilines is 1. The van der Waals surface area contributed by atoms with E-state index in [1.54, 1.807) is 0 Å². The van der Waals surface area contributed by atoms with E-state index in [-0.39, 0.29) is 0 Å². The van der Waals surface area contributed by atoms with Gasteiger partial charge in [-0.2, -0.15) is 0 Å². The van der Waals surface area contributed by atoms with Gasteiger partial charge in [-0.15, -0.1) is 11.3 Å². The second-order valence-corrected chi connectivity index (χ2v) is 9.82. The summed E-state index contributed by atoms with van der Waals surface area (Å²) in [5.41, 5.74) is 4.20. The van der Waals surface area contributed by atoms with Crippen LogP contribution in [-0.2, 0) is 0 Å². The summed E-state index contributed by atoms with van der Waals surface area (Å²) in [6, 6.07) is 29.8. The van der Waals surface area contributed by atoms with Gasteiger partial charge in [-0.1, -0.05) is 54.6 Å². The molecule has 1 saturated heterocycles. The first kappa shape index (κ1) is 19.8. The fourth-order valence-corrected chi connectivity index (χ4v) is 6.11. The molecule has 0 radical (unpaired) electrons. The monoisotopic (exact) mass is 461 g/mol. The van der Waals surface area contributed by atoms with E-state index in [0.717, 1.165) is 65.2 Å². The first-order chi connectivity index (χ1) is 16.8. The Bertz CT molecular complexity index is 1590. The van der Waals surface area contributed by atoms with Crippen LogP contribution in [-0.4, -0.2) is 31.2 Å². The van der Waals surface area contributed by atoms with Gasteiger partial charge in [0.05, 0.1) is 5.52 Å². The molecule has 4 nitrogen and oxygen atoms in total. The van der Waals surface area contributed by atoms with Crippen molar-refractivity contribution in [1.29, 1.82) is 0 Å². The van der Waals surface area contributed by atoms with Crippen LogP contribution in [0.25, 0.3) is 53.7 Å². The first-order valence-corrected chi connectivity index (χ1v) is 12.5. The number of fused-ring (bicyclic) bond motifs is 3. The lowest BCUT2D eigenvalue weighted by atomic mass is 9.98. The van der Waals surface area contributed by atoms with Gasteiger partial charge < -0.3 is 14.6 Å². The van der Waals surface area contributed by atoms with Crippen LogP contribution in [0.2, 0.25) is 0 Å². The zero-order chi connectivity index (χ0) is 22.5. The molecule has 0 amide bonds. The lowest BCUT2D eigenvalue weighted by Crippen LogP contribution is -2.44. The number of piperazine rings is 1. The maximum absolute atomic E-state index is 6.49. The summed E-state index contributed by atoms with van der Waals surface area (Å²) in [6.07, 6.45) is 0. The zero-order valence-electron chi connectivity index (χ0n) is 18.6. The van der Waals surface area contributed by atoms with E-state index in [9.17, 15) is 0 Å². The molecular weight excluding hydrogens is 438 g/mol. The summed E-state index contributed by atoms with van der Waals surface area (Å²) in [5.74, 6) is 1.94. The second-order valence-electron chi connectivity index (χ2n) is 8.74. The smallest absolute Gasteiger partial charge is 0.138 e. The number of pyridine rings is 1. The van der Waals surface area contributed by atoms with Crippen LogP contribution in [0.3, 0.4) is 0 Å². The highest BCUT2D eigenvalue weighted by Gasteiger charge is 2.26. The van der Waals surface area contributed by atoms with Crippen LogP contribution >= 0.6 is 11.3 Å². The molecule has 0 saturated carbocycles. The predicted molar refractivity (Wildman–Crippen MR) is 143 cm³/mol. The number of furan rings is 1. The number of hydrogen-bond donors (Lipinski definition) is 1. The Hall–Kier alpha value is -3.67. The van der Waals surface area contributed by atoms with Crippen molar-refractivity contribution in [3.63, 3.8) is 0 Å². The van der Waals surface area contributed by atoms with Gasteiger partial charge in [0.25, 0.3) is 0 Å². The molecule has 1 aliphatic heterocycles. The quantitative estimate of drug-likeness (QED) is 0.310. The molecule has 7 rings (SSSR count). The van der Waals surface area contributed by atoms with Crippen LogP contribution in [0.5, 0.6) is 0 Å². The third kappa shape index (κ3) is 3.20. The van der Waals surface area contributed by atoms with Crippen LogP contribution in [0.15, 0.2) is 89.3 Å². The normalized spacial score (nSPS) is 14.4. The van der Waals surface area contributed by atoms with Gasteiger partial charge in [0.2, 0.25) is 0 Å². The first-order valence-electron chi connectivity index (χ1n) is 11.7. The number of rotatable bonds is 3. The van der Waals surface area contributed by atoms with E-state index >= 15 is 0 Å². The van der Waals surface area contributed by atoms with Crippen molar-refractivity contribution >= 4 is 49.1 Å². The third-order valence-electron chi connectivity index (χ3n) is 6.63. The maximum Gasteiger partial charge on any atom is 0.138 e. The highest BCUT2D eigenvalue weighted by Crippen LogP contribution is 2.47. The molecule has 166 valence electrons. The topological polar surface area (TPSA) is 41.3 Å². The summed E-state index contributed by atoms with van der Waals surface area (Å²) >= 11 is 1.83. The number of thiophene rings is 1. The zero-order valence-corrected chi connectivity index (χ0v) is 19.4.